The molecular weight excluding hydrogens is 176 g/mol. The van der Waals surface area contributed by atoms with Crippen molar-refractivity contribution in [2.45, 2.75) is 40.0 Å². The summed E-state index contributed by atoms with van der Waals surface area (Å²) in [6, 6.07) is 0. The molecule has 0 radical (unpaired) electrons. The molecule has 0 aromatic heterocycles. The second-order valence-electron chi connectivity index (χ2n) is 5.62. The van der Waals surface area contributed by atoms with Crippen molar-refractivity contribution in [1.29, 1.82) is 0 Å². The first kappa shape index (κ1) is 9.75. The van der Waals surface area contributed by atoms with Crippen LogP contribution in [0.3, 0.4) is 0 Å². The quantitative estimate of drug-likeness (QED) is 0.652. The Morgan fingerprint density at radius 2 is 2.14 bits per heavy atom. The highest BCUT2D eigenvalue weighted by atomic mass is 16.4. The van der Waals surface area contributed by atoms with E-state index in [0.29, 0.717) is 5.92 Å². The molecule has 1 N–H and O–H groups in total. The minimum atomic E-state index is -0.790. The molecule has 2 atom stereocenters. The van der Waals surface area contributed by atoms with Gasteiger partial charge in [0.2, 0.25) is 0 Å². The van der Waals surface area contributed by atoms with Crippen LogP contribution in [0.4, 0.5) is 0 Å². The Balaban J connectivity index is 2.44. The number of hydrogen-bond acceptors (Lipinski definition) is 1. The van der Waals surface area contributed by atoms with Gasteiger partial charge in [-0.25, -0.2) is 4.79 Å². The number of carboxylic acid groups (broad SMARTS) is 1. The van der Waals surface area contributed by atoms with Gasteiger partial charge in [0.25, 0.3) is 0 Å². The molecule has 0 amide bonds. The van der Waals surface area contributed by atoms with Crippen molar-refractivity contribution < 1.29 is 9.90 Å². The molecule has 14 heavy (non-hydrogen) atoms. The molecule has 0 aliphatic heterocycles. The summed E-state index contributed by atoms with van der Waals surface area (Å²) < 4.78 is 0. The highest BCUT2D eigenvalue weighted by molar-refractivity contribution is 5.81. The monoisotopic (exact) mass is 194 g/mol. The van der Waals surface area contributed by atoms with Gasteiger partial charge in [0.05, 0.1) is 0 Å². The molecule has 2 rings (SSSR count). The molecule has 2 aliphatic carbocycles. The maximum absolute atomic E-state index is 10.8. The molecule has 2 nitrogen and oxygen atoms in total. The number of hydrogen-bond donors (Lipinski definition) is 1. The lowest BCUT2D eigenvalue weighted by atomic mass is 9.68. The average molecular weight is 194 g/mol. The Hall–Kier alpha value is -0.790. The third-order valence-electron chi connectivity index (χ3n) is 4.37. The third kappa shape index (κ3) is 1.13. The highest BCUT2D eigenvalue weighted by Crippen LogP contribution is 2.65. The first-order chi connectivity index (χ1) is 6.36. The molecule has 2 fully saturated rings. The van der Waals surface area contributed by atoms with Crippen molar-refractivity contribution >= 4 is 5.97 Å². The van der Waals surface area contributed by atoms with Crippen LogP contribution in [0.25, 0.3) is 0 Å². The number of carboxylic acids is 1. The van der Waals surface area contributed by atoms with Crippen molar-refractivity contribution in [3.05, 3.63) is 11.6 Å². The van der Waals surface area contributed by atoms with Crippen molar-refractivity contribution in [2.24, 2.45) is 16.7 Å². The Morgan fingerprint density at radius 3 is 2.57 bits per heavy atom. The van der Waals surface area contributed by atoms with Gasteiger partial charge in [-0.15, -0.1) is 0 Å². The topological polar surface area (TPSA) is 37.3 Å². The van der Waals surface area contributed by atoms with Gasteiger partial charge in [-0.1, -0.05) is 26.3 Å². The summed E-state index contributed by atoms with van der Waals surface area (Å²) in [5, 5.41) is 8.87. The van der Waals surface area contributed by atoms with E-state index in [9.17, 15) is 4.79 Å². The van der Waals surface area contributed by atoms with Crippen LogP contribution in [-0.2, 0) is 4.79 Å². The van der Waals surface area contributed by atoms with Crippen LogP contribution in [0.2, 0.25) is 0 Å². The molecule has 2 bridgehead atoms. The summed E-state index contributed by atoms with van der Waals surface area (Å²) in [6.45, 7) is 6.60. The summed E-state index contributed by atoms with van der Waals surface area (Å²) >= 11 is 0. The Bertz CT molecular complexity index is 308. The van der Waals surface area contributed by atoms with Gasteiger partial charge in [-0.2, -0.15) is 0 Å². The van der Waals surface area contributed by atoms with Crippen molar-refractivity contribution in [3.63, 3.8) is 0 Å². The number of aliphatic carboxylic acids is 1. The van der Waals surface area contributed by atoms with E-state index in [1.807, 2.05) is 0 Å². The molecule has 0 saturated heterocycles. The van der Waals surface area contributed by atoms with Gasteiger partial charge >= 0.3 is 5.97 Å². The second-order valence-corrected chi connectivity index (χ2v) is 5.62. The summed E-state index contributed by atoms with van der Waals surface area (Å²) in [4.78, 5) is 10.8. The lowest BCUT2D eigenvalue weighted by Gasteiger charge is -2.36. The summed E-state index contributed by atoms with van der Waals surface area (Å²) in [5.41, 5.74) is 1.44. The molecule has 0 aromatic rings. The number of allylic oxidation sites excluding steroid dienone is 1. The van der Waals surface area contributed by atoms with Crippen LogP contribution in [0.1, 0.15) is 40.0 Å². The van der Waals surface area contributed by atoms with E-state index in [1.54, 1.807) is 0 Å². The maximum Gasteiger partial charge on any atom is 0.328 e. The minimum Gasteiger partial charge on any atom is -0.478 e. The lowest BCUT2D eigenvalue weighted by molar-refractivity contribution is -0.131. The minimum absolute atomic E-state index is 0.103. The zero-order chi connectivity index (χ0) is 10.6. The van der Waals surface area contributed by atoms with Crippen LogP contribution in [-0.4, -0.2) is 11.1 Å². The molecule has 0 heterocycles. The fourth-order valence-electron chi connectivity index (χ4n) is 3.58. The molecule has 78 valence electrons. The summed E-state index contributed by atoms with van der Waals surface area (Å²) in [7, 11) is 0. The van der Waals surface area contributed by atoms with Gasteiger partial charge < -0.3 is 5.11 Å². The largest absolute Gasteiger partial charge is 0.478 e. The normalized spacial score (nSPS) is 41.9. The standard InChI is InChI=1S/C12H18O2/c1-11(2)8-4-5-12(3,7-8)9(11)6-10(13)14/h6,8H,4-5,7H2,1-3H3,(H,13,14)/b9-6+. The van der Waals surface area contributed by atoms with Crippen LogP contribution < -0.4 is 0 Å². The van der Waals surface area contributed by atoms with Gasteiger partial charge in [-0.3, -0.25) is 0 Å². The highest BCUT2D eigenvalue weighted by Gasteiger charge is 2.55. The van der Waals surface area contributed by atoms with Crippen molar-refractivity contribution in [3.8, 4) is 0 Å². The Labute approximate surface area is 85.0 Å². The SMILES string of the molecule is CC12CCC(C1)C(C)(C)/C2=C\C(=O)O. The number of rotatable bonds is 1. The van der Waals surface area contributed by atoms with Crippen molar-refractivity contribution in [1.82, 2.24) is 0 Å². The smallest absolute Gasteiger partial charge is 0.328 e. The average Bonchev–Trinajstić information content (AvgIpc) is 2.49. The zero-order valence-corrected chi connectivity index (χ0v) is 9.13. The molecule has 2 aliphatic rings. The Morgan fingerprint density at radius 1 is 1.50 bits per heavy atom. The van der Waals surface area contributed by atoms with Crippen LogP contribution >= 0.6 is 0 Å². The van der Waals surface area contributed by atoms with E-state index in [2.05, 4.69) is 20.8 Å². The van der Waals surface area contributed by atoms with E-state index < -0.39 is 5.97 Å². The molecular formula is C12H18O2. The van der Waals surface area contributed by atoms with E-state index >= 15 is 0 Å². The third-order valence-corrected chi connectivity index (χ3v) is 4.37. The van der Waals surface area contributed by atoms with Gasteiger partial charge in [0.15, 0.2) is 0 Å². The zero-order valence-electron chi connectivity index (χ0n) is 9.13. The van der Waals surface area contributed by atoms with Crippen molar-refractivity contribution in [2.75, 3.05) is 0 Å². The summed E-state index contributed by atoms with van der Waals surface area (Å²) in [5.74, 6) is -0.0973. The summed E-state index contributed by atoms with van der Waals surface area (Å²) in [6.07, 6.45) is 5.07. The predicted molar refractivity (Wildman–Crippen MR) is 54.9 cm³/mol. The van der Waals surface area contributed by atoms with E-state index in [4.69, 9.17) is 5.11 Å². The van der Waals surface area contributed by atoms with E-state index in [0.717, 1.165) is 5.57 Å². The maximum atomic E-state index is 10.8. The molecule has 2 unspecified atom stereocenters. The number of carbonyl (C=O) groups is 1. The van der Waals surface area contributed by atoms with E-state index in [1.165, 1.54) is 25.3 Å². The van der Waals surface area contributed by atoms with Crippen LogP contribution in [0, 0.1) is 16.7 Å². The van der Waals surface area contributed by atoms with Crippen LogP contribution in [0.15, 0.2) is 11.6 Å². The Kier molecular flexibility index (Phi) is 1.82. The molecule has 2 heteroatoms. The molecule has 0 spiro atoms. The van der Waals surface area contributed by atoms with Gasteiger partial charge in [0.1, 0.15) is 0 Å². The molecule has 0 aromatic carbocycles. The van der Waals surface area contributed by atoms with E-state index in [-0.39, 0.29) is 10.8 Å². The molecule has 2 saturated carbocycles. The first-order valence-electron chi connectivity index (χ1n) is 5.32. The fraction of sp³-hybridized carbons (Fsp3) is 0.750. The second kappa shape index (κ2) is 2.62. The van der Waals surface area contributed by atoms with Gasteiger partial charge in [0, 0.05) is 6.08 Å². The first-order valence-corrected chi connectivity index (χ1v) is 5.32. The van der Waals surface area contributed by atoms with Gasteiger partial charge in [-0.05, 0) is 36.0 Å². The lowest BCUT2D eigenvalue weighted by Crippen LogP contribution is -2.27. The number of fused-ring (bicyclic) bond motifs is 2. The predicted octanol–water partition coefficient (Wildman–Crippen LogP) is 2.84. The van der Waals surface area contributed by atoms with Crippen LogP contribution in [0.5, 0.6) is 0 Å². The fourth-order valence-corrected chi connectivity index (χ4v) is 3.58.